The third-order valence-electron chi connectivity index (χ3n) is 5.80. The zero-order valence-electron chi connectivity index (χ0n) is 16.5. The van der Waals surface area contributed by atoms with E-state index in [1.54, 1.807) is 12.1 Å². The summed E-state index contributed by atoms with van der Waals surface area (Å²) in [5, 5.41) is 1.67. The fourth-order valence-electron chi connectivity index (χ4n) is 3.93. The molecule has 0 radical (unpaired) electrons. The summed E-state index contributed by atoms with van der Waals surface area (Å²) < 4.78 is 13.1. The molecule has 1 aliphatic carbocycles. The van der Waals surface area contributed by atoms with Crippen molar-refractivity contribution in [1.29, 1.82) is 0 Å². The van der Waals surface area contributed by atoms with Crippen LogP contribution in [0.1, 0.15) is 30.1 Å². The van der Waals surface area contributed by atoms with Crippen molar-refractivity contribution in [3.63, 3.8) is 0 Å². The second-order valence-corrected chi connectivity index (χ2v) is 8.45. The predicted molar refractivity (Wildman–Crippen MR) is 115 cm³/mol. The summed E-state index contributed by atoms with van der Waals surface area (Å²) in [5.74, 6) is 2.06. The fourth-order valence-corrected chi connectivity index (χ4v) is 4.09. The van der Waals surface area contributed by atoms with Gasteiger partial charge in [-0.3, -0.25) is 4.79 Å². The highest BCUT2D eigenvalue weighted by Crippen LogP contribution is 2.40. The first-order valence-electron chi connectivity index (χ1n) is 10.3. The van der Waals surface area contributed by atoms with Crippen LogP contribution in [0.3, 0.4) is 0 Å². The number of carbonyl (C=O) groups excluding carboxylic acids is 1. The van der Waals surface area contributed by atoms with Gasteiger partial charge in [0.2, 0.25) is 5.91 Å². The van der Waals surface area contributed by atoms with Crippen LogP contribution in [0.15, 0.2) is 42.5 Å². The summed E-state index contributed by atoms with van der Waals surface area (Å²) in [5.41, 5.74) is 1.71. The van der Waals surface area contributed by atoms with E-state index in [4.69, 9.17) is 21.6 Å². The second-order valence-electron chi connectivity index (χ2n) is 8.01. The van der Waals surface area contributed by atoms with Gasteiger partial charge in [0.15, 0.2) is 0 Å². The van der Waals surface area contributed by atoms with Crippen molar-refractivity contribution in [2.24, 2.45) is 0 Å². The second kappa shape index (κ2) is 7.84. The van der Waals surface area contributed by atoms with E-state index in [0.717, 1.165) is 41.0 Å². The Morgan fingerprint density at radius 2 is 1.77 bits per heavy atom. The van der Waals surface area contributed by atoms with Crippen molar-refractivity contribution in [2.75, 3.05) is 31.1 Å². The molecule has 1 aromatic heterocycles. The summed E-state index contributed by atoms with van der Waals surface area (Å²) in [7, 11) is 0. The number of anilines is 1. The highest BCUT2D eigenvalue weighted by Gasteiger charge is 2.29. The number of hydrogen-bond donors (Lipinski definition) is 0. The molecule has 0 atom stereocenters. The number of piperazine rings is 1. The van der Waals surface area contributed by atoms with Crippen LogP contribution in [0.2, 0.25) is 5.02 Å². The van der Waals surface area contributed by atoms with E-state index in [1.165, 1.54) is 12.1 Å². The highest BCUT2D eigenvalue weighted by atomic mass is 35.5. The van der Waals surface area contributed by atoms with Crippen molar-refractivity contribution in [3.8, 4) is 0 Å². The van der Waals surface area contributed by atoms with Crippen LogP contribution in [0.5, 0.6) is 0 Å². The van der Waals surface area contributed by atoms with Gasteiger partial charge < -0.3 is 9.80 Å². The SMILES string of the molecule is O=C(Cc1ccc(F)cc1)N1CCN(c2nc(C3CC3)nc3cc(Cl)ccc23)CC1. The summed E-state index contributed by atoms with van der Waals surface area (Å²) in [6, 6.07) is 11.9. The Morgan fingerprint density at radius 1 is 1.03 bits per heavy atom. The molecule has 1 amide bonds. The van der Waals surface area contributed by atoms with Crippen molar-refractivity contribution in [3.05, 3.63) is 64.7 Å². The van der Waals surface area contributed by atoms with Crippen LogP contribution < -0.4 is 4.90 Å². The van der Waals surface area contributed by atoms with E-state index in [0.29, 0.717) is 43.5 Å². The Morgan fingerprint density at radius 3 is 2.47 bits per heavy atom. The third-order valence-corrected chi connectivity index (χ3v) is 6.03. The van der Waals surface area contributed by atoms with Gasteiger partial charge in [-0.15, -0.1) is 0 Å². The van der Waals surface area contributed by atoms with Crippen molar-refractivity contribution < 1.29 is 9.18 Å². The lowest BCUT2D eigenvalue weighted by Crippen LogP contribution is -2.49. The van der Waals surface area contributed by atoms with E-state index >= 15 is 0 Å². The molecule has 1 saturated carbocycles. The van der Waals surface area contributed by atoms with Crippen LogP contribution in [0.4, 0.5) is 10.2 Å². The van der Waals surface area contributed by atoms with Gasteiger partial charge in [-0.2, -0.15) is 0 Å². The molecule has 3 aromatic rings. The maximum atomic E-state index is 13.1. The minimum Gasteiger partial charge on any atom is -0.352 e. The lowest BCUT2D eigenvalue weighted by Gasteiger charge is -2.36. The Labute approximate surface area is 179 Å². The molecule has 2 aliphatic rings. The number of aromatic nitrogens is 2. The van der Waals surface area contributed by atoms with Crippen molar-refractivity contribution in [1.82, 2.24) is 14.9 Å². The summed E-state index contributed by atoms with van der Waals surface area (Å²) in [6.45, 7) is 2.71. The number of amides is 1. The molecule has 2 heterocycles. The molecule has 0 spiro atoms. The molecule has 5 rings (SSSR count). The van der Waals surface area contributed by atoms with E-state index in [1.807, 2.05) is 23.1 Å². The number of rotatable bonds is 4. The lowest BCUT2D eigenvalue weighted by atomic mass is 10.1. The lowest BCUT2D eigenvalue weighted by molar-refractivity contribution is -0.130. The first-order valence-corrected chi connectivity index (χ1v) is 10.7. The number of fused-ring (bicyclic) bond motifs is 1. The van der Waals surface area contributed by atoms with Gasteiger partial charge in [-0.25, -0.2) is 14.4 Å². The number of halogens is 2. The molecule has 1 saturated heterocycles. The Balaban J connectivity index is 1.32. The fraction of sp³-hybridized carbons (Fsp3) is 0.348. The van der Waals surface area contributed by atoms with E-state index in [-0.39, 0.29) is 11.7 Å². The van der Waals surface area contributed by atoms with E-state index in [9.17, 15) is 9.18 Å². The molecule has 0 unspecified atom stereocenters. The van der Waals surface area contributed by atoms with Gasteiger partial charge in [0.1, 0.15) is 17.5 Å². The molecule has 2 fully saturated rings. The van der Waals surface area contributed by atoms with E-state index < -0.39 is 0 Å². The smallest absolute Gasteiger partial charge is 0.227 e. The maximum absolute atomic E-state index is 13.1. The number of hydrogen-bond acceptors (Lipinski definition) is 4. The molecule has 0 bridgehead atoms. The quantitative estimate of drug-likeness (QED) is 0.630. The topological polar surface area (TPSA) is 49.3 Å². The standard InChI is InChI=1S/C23H22ClFN4O/c24-17-5-8-19-20(14-17)26-22(16-3-4-16)27-23(19)29-11-9-28(10-12-29)21(30)13-15-1-6-18(25)7-2-15/h1-2,5-8,14,16H,3-4,9-13H2. The number of nitrogens with zero attached hydrogens (tertiary/aromatic N) is 4. The van der Waals surface area contributed by atoms with Gasteiger partial charge >= 0.3 is 0 Å². The van der Waals surface area contributed by atoms with Crippen LogP contribution in [-0.2, 0) is 11.2 Å². The first kappa shape index (κ1) is 19.2. The summed E-state index contributed by atoms with van der Waals surface area (Å²) in [6.07, 6.45) is 2.56. The number of benzene rings is 2. The monoisotopic (exact) mass is 424 g/mol. The Bertz CT molecular complexity index is 1090. The molecular weight excluding hydrogens is 403 g/mol. The van der Waals surface area contributed by atoms with Gasteiger partial charge in [0.05, 0.1) is 11.9 Å². The van der Waals surface area contributed by atoms with Crippen molar-refractivity contribution in [2.45, 2.75) is 25.2 Å². The van der Waals surface area contributed by atoms with E-state index in [2.05, 4.69) is 4.90 Å². The normalized spacial score (nSPS) is 16.9. The van der Waals surface area contributed by atoms with Gasteiger partial charge in [0, 0.05) is 42.5 Å². The molecular formula is C23H22ClFN4O. The van der Waals surface area contributed by atoms with Gasteiger partial charge in [-0.1, -0.05) is 23.7 Å². The van der Waals surface area contributed by atoms with Crippen molar-refractivity contribution >= 4 is 34.2 Å². The zero-order chi connectivity index (χ0) is 20.7. The minimum atomic E-state index is -0.288. The van der Waals surface area contributed by atoms with Crippen LogP contribution in [-0.4, -0.2) is 47.0 Å². The Hall–Kier alpha value is -2.73. The molecule has 7 heteroatoms. The van der Waals surface area contributed by atoms with Crippen LogP contribution in [0.25, 0.3) is 10.9 Å². The molecule has 2 aromatic carbocycles. The van der Waals surface area contributed by atoms with Gasteiger partial charge in [-0.05, 0) is 48.7 Å². The maximum Gasteiger partial charge on any atom is 0.227 e. The first-order chi connectivity index (χ1) is 14.6. The molecule has 1 aliphatic heterocycles. The van der Waals surface area contributed by atoms with Crippen LogP contribution in [0, 0.1) is 5.82 Å². The molecule has 30 heavy (non-hydrogen) atoms. The van der Waals surface area contributed by atoms with Gasteiger partial charge in [0.25, 0.3) is 0 Å². The summed E-state index contributed by atoms with van der Waals surface area (Å²) in [4.78, 5) is 26.4. The molecule has 5 nitrogen and oxygen atoms in total. The number of carbonyl (C=O) groups is 1. The average molecular weight is 425 g/mol. The minimum absolute atomic E-state index is 0.0688. The predicted octanol–water partition coefficient (Wildman–Crippen LogP) is 4.19. The molecule has 154 valence electrons. The largest absolute Gasteiger partial charge is 0.352 e. The third kappa shape index (κ3) is 3.97. The Kier molecular flexibility index (Phi) is 5.03. The van der Waals surface area contributed by atoms with Crippen LogP contribution >= 0.6 is 11.6 Å². The average Bonchev–Trinajstić information content (AvgIpc) is 3.60. The zero-order valence-corrected chi connectivity index (χ0v) is 17.3. The highest BCUT2D eigenvalue weighted by molar-refractivity contribution is 6.31. The summed E-state index contributed by atoms with van der Waals surface area (Å²) >= 11 is 6.19. The molecule has 0 N–H and O–H groups in total.